The molecule has 9 heteroatoms. The van der Waals surface area contributed by atoms with Crippen LogP contribution in [0.25, 0.3) is 6.08 Å². The Morgan fingerprint density at radius 1 is 1.18 bits per heavy atom. The average molecular weight is 416 g/mol. The molecule has 0 unspecified atom stereocenters. The quantitative estimate of drug-likeness (QED) is 0.574. The van der Waals surface area contributed by atoms with Crippen LogP contribution in [0.2, 0.25) is 0 Å². The molecule has 0 aromatic heterocycles. The van der Waals surface area contributed by atoms with E-state index in [9.17, 15) is 18.8 Å². The number of benzene rings is 2. The fourth-order valence-electron chi connectivity index (χ4n) is 2.41. The Morgan fingerprint density at radius 2 is 1.86 bits per heavy atom. The number of thiocarbonyl (C=S) groups is 1. The van der Waals surface area contributed by atoms with Crippen molar-refractivity contribution in [2.45, 2.75) is 0 Å². The highest BCUT2D eigenvalue weighted by atomic mass is 32.2. The van der Waals surface area contributed by atoms with Gasteiger partial charge in [-0.15, -0.1) is 0 Å². The number of amides is 2. The second-order valence-corrected chi connectivity index (χ2v) is 7.40. The lowest BCUT2D eigenvalue weighted by molar-refractivity contribution is -0.126. The first-order valence-electron chi connectivity index (χ1n) is 7.98. The van der Waals surface area contributed by atoms with Crippen LogP contribution in [-0.4, -0.2) is 38.7 Å². The lowest BCUT2D eigenvalue weighted by Crippen LogP contribution is -2.36. The van der Waals surface area contributed by atoms with Gasteiger partial charge in [-0.1, -0.05) is 42.2 Å². The number of nitrogens with zero attached hydrogens (tertiary/aromatic N) is 1. The third-order valence-corrected chi connectivity index (χ3v) is 5.16. The van der Waals surface area contributed by atoms with Crippen molar-refractivity contribution >= 4 is 57.8 Å². The number of carbonyl (C=O) groups is 3. The maximum Gasteiger partial charge on any atom is 0.335 e. The SMILES string of the molecule is O=C(CN1C(=O)/C(=C\c2ccccc2F)SC1=S)Nc1ccc(C(=O)O)cc1. The molecule has 0 saturated carbocycles. The summed E-state index contributed by atoms with van der Waals surface area (Å²) in [5.74, 6) is -2.51. The van der Waals surface area contributed by atoms with E-state index >= 15 is 0 Å². The molecular weight excluding hydrogens is 403 g/mol. The number of carboxylic acids is 1. The minimum atomic E-state index is -1.07. The molecule has 2 aromatic carbocycles. The van der Waals surface area contributed by atoms with Gasteiger partial charge >= 0.3 is 5.97 Å². The first-order valence-corrected chi connectivity index (χ1v) is 9.21. The second-order valence-electron chi connectivity index (χ2n) is 5.72. The van der Waals surface area contributed by atoms with Gasteiger partial charge in [-0.3, -0.25) is 14.5 Å². The van der Waals surface area contributed by atoms with E-state index in [4.69, 9.17) is 17.3 Å². The highest BCUT2D eigenvalue weighted by Crippen LogP contribution is 2.32. The van der Waals surface area contributed by atoms with Crippen LogP contribution in [0.15, 0.2) is 53.4 Å². The molecule has 28 heavy (non-hydrogen) atoms. The van der Waals surface area contributed by atoms with Crippen molar-refractivity contribution in [3.05, 3.63) is 70.4 Å². The van der Waals surface area contributed by atoms with Crippen molar-refractivity contribution in [2.75, 3.05) is 11.9 Å². The van der Waals surface area contributed by atoms with E-state index in [1.807, 2.05) is 0 Å². The van der Waals surface area contributed by atoms with Crippen LogP contribution in [0.5, 0.6) is 0 Å². The first-order chi connectivity index (χ1) is 13.3. The topological polar surface area (TPSA) is 86.7 Å². The Hall–Kier alpha value is -3.04. The number of halogens is 1. The summed E-state index contributed by atoms with van der Waals surface area (Å²) in [5.41, 5.74) is 0.738. The summed E-state index contributed by atoms with van der Waals surface area (Å²) in [5, 5.41) is 11.5. The second kappa shape index (κ2) is 8.32. The summed E-state index contributed by atoms with van der Waals surface area (Å²) in [7, 11) is 0. The maximum absolute atomic E-state index is 13.8. The Balaban J connectivity index is 1.68. The predicted molar refractivity (Wildman–Crippen MR) is 108 cm³/mol. The fraction of sp³-hybridized carbons (Fsp3) is 0.0526. The van der Waals surface area contributed by atoms with E-state index in [1.165, 1.54) is 42.5 Å². The molecule has 1 heterocycles. The van der Waals surface area contributed by atoms with Crippen molar-refractivity contribution in [2.24, 2.45) is 0 Å². The number of rotatable bonds is 5. The number of aromatic carboxylic acids is 1. The van der Waals surface area contributed by atoms with Gasteiger partial charge in [0.2, 0.25) is 5.91 Å². The zero-order valence-electron chi connectivity index (χ0n) is 14.2. The Kier molecular flexibility index (Phi) is 5.86. The summed E-state index contributed by atoms with van der Waals surface area (Å²) in [6, 6.07) is 11.6. The zero-order valence-corrected chi connectivity index (χ0v) is 15.8. The van der Waals surface area contributed by atoms with Crippen molar-refractivity contribution < 1.29 is 23.9 Å². The van der Waals surface area contributed by atoms with Gasteiger partial charge in [0.05, 0.1) is 10.5 Å². The number of anilines is 1. The normalized spacial score (nSPS) is 15.2. The van der Waals surface area contributed by atoms with E-state index < -0.39 is 23.6 Å². The summed E-state index contributed by atoms with van der Waals surface area (Å²) in [6.07, 6.45) is 1.40. The number of hydrogen-bond donors (Lipinski definition) is 2. The Morgan fingerprint density at radius 3 is 2.50 bits per heavy atom. The third kappa shape index (κ3) is 4.44. The predicted octanol–water partition coefficient (Wildman–Crippen LogP) is 3.36. The van der Waals surface area contributed by atoms with Crippen molar-refractivity contribution in [3.8, 4) is 0 Å². The number of nitrogens with one attached hydrogen (secondary N) is 1. The van der Waals surface area contributed by atoms with Gasteiger partial charge in [0.15, 0.2) is 0 Å². The third-order valence-electron chi connectivity index (χ3n) is 3.78. The molecule has 0 bridgehead atoms. The van der Waals surface area contributed by atoms with Crippen LogP contribution in [-0.2, 0) is 9.59 Å². The van der Waals surface area contributed by atoms with Crippen LogP contribution in [0.4, 0.5) is 10.1 Å². The van der Waals surface area contributed by atoms with Crippen LogP contribution in [0.3, 0.4) is 0 Å². The molecule has 1 saturated heterocycles. The molecule has 0 atom stereocenters. The molecule has 1 aliphatic heterocycles. The molecule has 1 fully saturated rings. The van der Waals surface area contributed by atoms with Crippen molar-refractivity contribution in [1.82, 2.24) is 4.90 Å². The molecule has 2 amide bonds. The maximum atomic E-state index is 13.8. The summed E-state index contributed by atoms with van der Waals surface area (Å²) < 4.78 is 14.0. The highest BCUT2D eigenvalue weighted by molar-refractivity contribution is 8.26. The minimum Gasteiger partial charge on any atom is -0.478 e. The van der Waals surface area contributed by atoms with E-state index in [-0.39, 0.29) is 26.9 Å². The van der Waals surface area contributed by atoms with Crippen molar-refractivity contribution in [3.63, 3.8) is 0 Å². The van der Waals surface area contributed by atoms with Crippen LogP contribution in [0, 0.1) is 5.82 Å². The minimum absolute atomic E-state index is 0.0909. The smallest absolute Gasteiger partial charge is 0.335 e. The number of thioether (sulfide) groups is 1. The average Bonchev–Trinajstić information content (AvgIpc) is 2.91. The zero-order chi connectivity index (χ0) is 20.3. The molecule has 2 aromatic rings. The van der Waals surface area contributed by atoms with Gasteiger partial charge in [0.1, 0.15) is 16.7 Å². The van der Waals surface area contributed by atoms with Crippen molar-refractivity contribution in [1.29, 1.82) is 0 Å². The molecule has 0 radical (unpaired) electrons. The van der Waals surface area contributed by atoms with Crippen LogP contribution in [0.1, 0.15) is 15.9 Å². The number of hydrogen-bond acceptors (Lipinski definition) is 5. The molecule has 0 spiro atoms. The van der Waals surface area contributed by atoms with Gasteiger partial charge in [0, 0.05) is 11.3 Å². The fourth-order valence-corrected chi connectivity index (χ4v) is 3.66. The van der Waals surface area contributed by atoms with Gasteiger partial charge in [-0.25, -0.2) is 9.18 Å². The summed E-state index contributed by atoms with van der Waals surface area (Å²) in [4.78, 5) is 37.0. The molecule has 0 aliphatic carbocycles. The monoisotopic (exact) mass is 416 g/mol. The lowest BCUT2D eigenvalue weighted by Gasteiger charge is -2.14. The lowest BCUT2D eigenvalue weighted by atomic mass is 10.2. The van der Waals surface area contributed by atoms with E-state index in [1.54, 1.807) is 12.1 Å². The van der Waals surface area contributed by atoms with E-state index in [2.05, 4.69) is 5.32 Å². The van der Waals surface area contributed by atoms with Crippen LogP contribution >= 0.6 is 24.0 Å². The molecule has 2 N–H and O–H groups in total. The Bertz CT molecular complexity index is 1010. The summed E-state index contributed by atoms with van der Waals surface area (Å²) in [6.45, 7) is -0.306. The molecule has 6 nitrogen and oxygen atoms in total. The van der Waals surface area contributed by atoms with Gasteiger partial charge in [-0.2, -0.15) is 0 Å². The molecule has 3 rings (SSSR count). The highest BCUT2D eigenvalue weighted by Gasteiger charge is 2.33. The molecule has 142 valence electrons. The molecule has 1 aliphatic rings. The first kappa shape index (κ1) is 19.7. The molecular formula is C19H13FN2O4S2. The Labute approximate surface area is 169 Å². The van der Waals surface area contributed by atoms with E-state index in [0.29, 0.717) is 5.69 Å². The largest absolute Gasteiger partial charge is 0.478 e. The number of carbonyl (C=O) groups excluding carboxylic acids is 2. The van der Waals surface area contributed by atoms with Gasteiger partial charge in [-0.05, 0) is 36.4 Å². The van der Waals surface area contributed by atoms with Gasteiger partial charge in [0.25, 0.3) is 5.91 Å². The van der Waals surface area contributed by atoms with E-state index in [0.717, 1.165) is 16.7 Å². The summed E-state index contributed by atoms with van der Waals surface area (Å²) >= 11 is 6.16. The van der Waals surface area contributed by atoms with Gasteiger partial charge < -0.3 is 10.4 Å². The standard InChI is InChI=1S/C19H13FN2O4S2/c20-14-4-2-1-3-12(14)9-15-17(24)22(19(27)28-15)10-16(23)21-13-7-5-11(6-8-13)18(25)26/h1-9H,10H2,(H,21,23)(H,25,26)/b15-9+. The number of carboxylic acid groups (broad SMARTS) is 1. The van der Waals surface area contributed by atoms with Crippen LogP contribution < -0.4 is 5.32 Å².